The average Bonchev–Trinajstić information content (AvgIpc) is 2.75. The van der Waals surface area contributed by atoms with Gasteiger partial charge in [0.05, 0.1) is 19.4 Å². The van der Waals surface area contributed by atoms with Gasteiger partial charge in [-0.2, -0.15) is 0 Å². The summed E-state index contributed by atoms with van der Waals surface area (Å²) in [6.45, 7) is 2.64. The molecule has 0 radical (unpaired) electrons. The van der Waals surface area contributed by atoms with Gasteiger partial charge < -0.3 is 9.47 Å². The van der Waals surface area contributed by atoms with Crippen molar-refractivity contribution in [2.24, 2.45) is 0 Å². The van der Waals surface area contributed by atoms with E-state index < -0.39 is 5.97 Å². The Hall–Kier alpha value is -2.62. The van der Waals surface area contributed by atoms with Gasteiger partial charge in [0.25, 0.3) is 0 Å². The molecule has 29 heavy (non-hydrogen) atoms. The number of hydrogen-bond donors (Lipinski definition) is 0. The van der Waals surface area contributed by atoms with E-state index in [1.54, 1.807) is 12.1 Å². The molecule has 0 atom stereocenters. The van der Waals surface area contributed by atoms with E-state index in [2.05, 4.69) is 6.92 Å². The van der Waals surface area contributed by atoms with Crippen LogP contribution in [-0.4, -0.2) is 18.5 Å². The molecule has 2 aromatic rings. The highest BCUT2D eigenvalue weighted by molar-refractivity contribution is 5.79. The van der Waals surface area contributed by atoms with Crippen molar-refractivity contribution in [3.63, 3.8) is 0 Å². The van der Waals surface area contributed by atoms with Gasteiger partial charge in [0.15, 0.2) is 0 Å². The molecule has 0 bridgehead atoms. The number of rotatable bonds is 13. The molecular formula is C25H32O4. The third-order valence-electron chi connectivity index (χ3n) is 4.74. The molecule has 0 saturated heterocycles. The van der Waals surface area contributed by atoms with Crippen molar-refractivity contribution in [3.8, 4) is 16.9 Å². The molecule has 0 aliphatic carbocycles. The lowest BCUT2D eigenvalue weighted by Gasteiger charge is -2.07. The summed E-state index contributed by atoms with van der Waals surface area (Å²) in [4.78, 5) is 23.7. The summed E-state index contributed by atoms with van der Waals surface area (Å²) in [6, 6.07) is 17.3. The first-order valence-electron chi connectivity index (χ1n) is 10.7. The van der Waals surface area contributed by atoms with Crippen LogP contribution in [0.5, 0.6) is 5.75 Å². The van der Waals surface area contributed by atoms with Gasteiger partial charge in [0.2, 0.25) is 0 Å². The normalized spacial score (nSPS) is 10.5. The first kappa shape index (κ1) is 22.7. The summed E-state index contributed by atoms with van der Waals surface area (Å²) in [5.41, 5.74) is 2.16. The first-order valence-corrected chi connectivity index (χ1v) is 10.7. The predicted molar refractivity (Wildman–Crippen MR) is 116 cm³/mol. The summed E-state index contributed by atoms with van der Waals surface area (Å²) in [7, 11) is 0. The third kappa shape index (κ3) is 9.42. The molecule has 0 heterocycles. The van der Waals surface area contributed by atoms with Crippen LogP contribution in [-0.2, 0) is 14.3 Å². The maximum absolute atomic E-state index is 11.9. The zero-order valence-corrected chi connectivity index (χ0v) is 17.4. The predicted octanol–water partition coefficient (Wildman–Crippen LogP) is 6.33. The number of ether oxygens (including phenoxy) is 2. The molecule has 4 nitrogen and oxygen atoms in total. The molecule has 4 heteroatoms. The number of esters is 2. The largest absolute Gasteiger partial charge is 0.466 e. The zero-order chi connectivity index (χ0) is 20.7. The van der Waals surface area contributed by atoms with Crippen molar-refractivity contribution in [1.82, 2.24) is 0 Å². The maximum Gasteiger partial charge on any atom is 0.311 e. The Balaban J connectivity index is 1.59. The molecule has 0 aliphatic rings. The highest BCUT2D eigenvalue weighted by Gasteiger charge is 2.10. The zero-order valence-electron chi connectivity index (χ0n) is 17.4. The van der Waals surface area contributed by atoms with E-state index in [-0.39, 0.29) is 18.8 Å². The topological polar surface area (TPSA) is 52.6 Å². The van der Waals surface area contributed by atoms with E-state index in [1.165, 1.54) is 32.1 Å². The molecule has 0 amide bonds. The van der Waals surface area contributed by atoms with E-state index >= 15 is 0 Å². The fraction of sp³-hybridized carbons (Fsp3) is 0.440. The minimum Gasteiger partial charge on any atom is -0.466 e. The third-order valence-corrected chi connectivity index (χ3v) is 4.74. The van der Waals surface area contributed by atoms with Crippen LogP contribution in [0, 0.1) is 0 Å². The lowest BCUT2D eigenvalue weighted by Crippen LogP contribution is -2.12. The molecule has 0 aliphatic heterocycles. The number of carbonyl (C=O) groups excluding carboxylic acids is 2. The van der Waals surface area contributed by atoms with Gasteiger partial charge in [-0.3, -0.25) is 9.59 Å². The molecule has 0 N–H and O–H groups in total. The Morgan fingerprint density at radius 1 is 0.690 bits per heavy atom. The quantitative estimate of drug-likeness (QED) is 0.225. The number of benzene rings is 2. The van der Waals surface area contributed by atoms with Gasteiger partial charge in [-0.25, -0.2) is 0 Å². The second-order valence-electron chi connectivity index (χ2n) is 7.21. The van der Waals surface area contributed by atoms with Crippen molar-refractivity contribution in [3.05, 3.63) is 54.6 Å². The molecule has 156 valence electrons. The number of carbonyl (C=O) groups is 2. The minimum absolute atomic E-state index is 0.0241. The number of unbranched alkanes of at least 4 members (excludes halogenated alkanes) is 6. The van der Waals surface area contributed by atoms with Crippen LogP contribution >= 0.6 is 0 Å². The van der Waals surface area contributed by atoms with Crippen molar-refractivity contribution < 1.29 is 19.1 Å². The van der Waals surface area contributed by atoms with Crippen molar-refractivity contribution >= 4 is 11.9 Å². The standard InChI is InChI=1S/C25H32O4/c1-2-3-4-5-6-7-11-20-28-24(26)18-19-25(27)29-23-16-14-22(15-17-23)21-12-9-8-10-13-21/h8-10,12-17H,2-7,11,18-20H2,1H3. The molecular weight excluding hydrogens is 364 g/mol. The molecule has 0 unspecified atom stereocenters. The van der Waals surface area contributed by atoms with Crippen LogP contribution in [0.2, 0.25) is 0 Å². The van der Waals surface area contributed by atoms with Crippen molar-refractivity contribution in [2.75, 3.05) is 6.61 Å². The van der Waals surface area contributed by atoms with E-state index in [0.717, 1.165) is 24.0 Å². The lowest BCUT2D eigenvalue weighted by molar-refractivity contribution is -0.147. The van der Waals surface area contributed by atoms with Gasteiger partial charge in [0, 0.05) is 0 Å². The Bertz CT molecular complexity index is 722. The molecule has 0 aromatic heterocycles. The van der Waals surface area contributed by atoms with Crippen molar-refractivity contribution in [1.29, 1.82) is 0 Å². The monoisotopic (exact) mass is 396 g/mol. The fourth-order valence-electron chi connectivity index (χ4n) is 3.05. The highest BCUT2D eigenvalue weighted by atomic mass is 16.5. The van der Waals surface area contributed by atoms with Crippen LogP contribution < -0.4 is 4.74 Å². The summed E-state index contributed by atoms with van der Waals surface area (Å²) < 4.78 is 10.5. The molecule has 2 rings (SSSR count). The smallest absolute Gasteiger partial charge is 0.311 e. The average molecular weight is 397 g/mol. The summed E-state index contributed by atoms with van der Waals surface area (Å²) in [5, 5.41) is 0. The molecule has 2 aromatic carbocycles. The molecule has 0 fully saturated rings. The van der Waals surface area contributed by atoms with Crippen LogP contribution in [0.1, 0.15) is 64.7 Å². The van der Waals surface area contributed by atoms with Gasteiger partial charge in [-0.05, 0) is 29.7 Å². The maximum atomic E-state index is 11.9. The fourth-order valence-corrected chi connectivity index (χ4v) is 3.05. The van der Waals surface area contributed by atoms with E-state index in [1.807, 2.05) is 42.5 Å². The second-order valence-corrected chi connectivity index (χ2v) is 7.21. The Labute approximate surface area is 174 Å². The first-order chi connectivity index (χ1) is 14.2. The lowest BCUT2D eigenvalue weighted by atomic mass is 10.1. The summed E-state index contributed by atoms with van der Waals surface area (Å²) in [5.74, 6) is -0.288. The van der Waals surface area contributed by atoms with E-state index in [0.29, 0.717) is 12.4 Å². The van der Waals surface area contributed by atoms with Crippen molar-refractivity contribution in [2.45, 2.75) is 64.7 Å². The molecule has 0 saturated carbocycles. The SMILES string of the molecule is CCCCCCCCCOC(=O)CCC(=O)Oc1ccc(-c2ccccc2)cc1. The van der Waals surface area contributed by atoms with E-state index in [4.69, 9.17) is 9.47 Å². The van der Waals surface area contributed by atoms with E-state index in [9.17, 15) is 9.59 Å². The Morgan fingerprint density at radius 2 is 1.28 bits per heavy atom. The van der Waals surface area contributed by atoms with Gasteiger partial charge in [-0.15, -0.1) is 0 Å². The van der Waals surface area contributed by atoms with Crippen LogP contribution in [0.3, 0.4) is 0 Å². The Morgan fingerprint density at radius 3 is 1.97 bits per heavy atom. The number of hydrogen-bond acceptors (Lipinski definition) is 4. The van der Waals surface area contributed by atoms with Gasteiger partial charge >= 0.3 is 11.9 Å². The van der Waals surface area contributed by atoms with Crippen LogP contribution in [0.15, 0.2) is 54.6 Å². The Kier molecular flexibility index (Phi) is 10.6. The highest BCUT2D eigenvalue weighted by Crippen LogP contribution is 2.22. The van der Waals surface area contributed by atoms with Crippen LogP contribution in [0.4, 0.5) is 0 Å². The molecule has 0 spiro atoms. The minimum atomic E-state index is -0.426. The summed E-state index contributed by atoms with van der Waals surface area (Å²) >= 11 is 0. The van der Waals surface area contributed by atoms with Crippen LogP contribution in [0.25, 0.3) is 11.1 Å². The second kappa shape index (κ2) is 13.5. The summed E-state index contributed by atoms with van der Waals surface area (Å²) in [6.07, 6.45) is 8.31. The van der Waals surface area contributed by atoms with Gasteiger partial charge in [-0.1, -0.05) is 87.9 Å². The van der Waals surface area contributed by atoms with Gasteiger partial charge in [0.1, 0.15) is 5.75 Å².